The number of rotatable bonds is 5. The van der Waals surface area contributed by atoms with Gasteiger partial charge in [0.25, 0.3) is 0 Å². The summed E-state index contributed by atoms with van der Waals surface area (Å²) in [5, 5.41) is 0. The molecule has 26 heavy (non-hydrogen) atoms. The Morgan fingerprint density at radius 3 is 1.96 bits per heavy atom. The first-order valence-electron chi connectivity index (χ1n) is 9.65. The molecule has 0 unspecified atom stereocenters. The van der Waals surface area contributed by atoms with E-state index < -0.39 is 8.07 Å². The van der Waals surface area contributed by atoms with E-state index in [1.54, 1.807) is 11.3 Å². The summed E-state index contributed by atoms with van der Waals surface area (Å²) in [6, 6.07) is 4.25. The van der Waals surface area contributed by atoms with E-state index in [1.807, 2.05) is 0 Å². The van der Waals surface area contributed by atoms with Gasteiger partial charge in [0, 0.05) is 9.15 Å². The van der Waals surface area contributed by atoms with Crippen LogP contribution in [0.3, 0.4) is 0 Å². The highest BCUT2D eigenvalue weighted by molar-refractivity contribution is 14.1. The van der Waals surface area contributed by atoms with Gasteiger partial charge in [-0.25, -0.2) is 0 Å². The average molecular weight is 497 g/mol. The van der Waals surface area contributed by atoms with Gasteiger partial charge in [0.1, 0.15) is 8.07 Å². The zero-order valence-electron chi connectivity index (χ0n) is 17.6. The lowest BCUT2D eigenvalue weighted by Crippen LogP contribution is -2.43. The molecular formula is C23H33ISSi. The van der Waals surface area contributed by atoms with Crippen molar-refractivity contribution in [2.75, 3.05) is 0 Å². The standard InChI is InChI=1S/C23H33ISSi/c1-9-10-23(24)20(8)11-12-21-13-14-22(25-21)15-16-26(17(2)3,18(4)5)19(6)7/h13-14,17-19H,9-10H2,1-8H3/b23-20+. The second kappa shape index (κ2) is 10.7. The second-order valence-corrected chi connectivity index (χ2v) is 15.8. The monoisotopic (exact) mass is 496 g/mol. The van der Waals surface area contributed by atoms with Crippen LogP contribution >= 0.6 is 33.9 Å². The fourth-order valence-corrected chi connectivity index (χ4v) is 10.4. The molecule has 0 fully saturated rings. The summed E-state index contributed by atoms with van der Waals surface area (Å²) in [5.41, 5.74) is 7.00. The summed E-state index contributed by atoms with van der Waals surface area (Å²) in [7, 11) is -1.66. The Kier molecular flexibility index (Phi) is 9.73. The Morgan fingerprint density at radius 2 is 1.50 bits per heavy atom. The largest absolute Gasteiger partial charge is 0.146 e. The van der Waals surface area contributed by atoms with Gasteiger partial charge in [-0.1, -0.05) is 72.6 Å². The van der Waals surface area contributed by atoms with E-state index in [2.05, 4.69) is 113 Å². The van der Waals surface area contributed by atoms with Crippen LogP contribution in [0.15, 0.2) is 21.3 Å². The van der Waals surface area contributed by atoms with Crippen molar-refractivity contribution >= 4 is 42.0 Å². The topological polar surface area (TPSA) is 0 Å². The van der Waals surface area contributed by atoms with Gasteiger partial charge in [-0.2, -0.15) is 0 Å². The number of hydrogen-bond acceptors (Lipinski definition) is 1. The van der Waals surface area contributed by atoms with E-state index in [-0.39, 0.29) is 0 Å². The molecule has 0 saturated carbocycles. The van der Waals surface area contributed by atoms with Gasteiger partial charge < -0.3 is 0 Å². The molecule has 0 bridgehead atoms. The highest BCUT2D eigenvalue weighted by atomic mass is 127. The van der Waals surface area contributed by atoms with Crippen molar-refractivity contribution in [3.63, 3.8) is 0 Å². The Hall–Kier alpha value is -0.493. The van der Waals surface area contributed by atoms with E-state index in [1.165, 1.54) is 15.6 Å². The third-order valence-electron chi connectivity index (χ3n) is 5.12. The number of allylic oxidation sites excluding steroid dienone is 2. The Labute approximate surface area is 180 Å². The average Bonchev–Trinajstić information content (AvgIpc) is 3.00. The molecule has 0 radical (unpaired) electrons. The minimum absolute atomic E-state index is 0.669. The first-order chi connectivity index (χ1) is 12.1. The quantitative estimate of drug-likeness (QED) is 0.219. The van der Waals surface area contributed by atoms with Gasteiger partial charge in [-0.05, 0) is 64.7 Å². The summed E-state index contributed by atoms with van der Waals surface area (Å²) in [5.74, 6) is 10.2. The highest BCUT2D eigenvalue weighted by Crippen LogP contribution is 2.40. The zero-order chi connectivity index (χ0) is 19.9. The minimum atomic E-state index is -1.66. The van der Waals surface area contributed by atoms with Crippen LogP contribution in [0, 0.1) is 23.3 Å². The summed E-state index contributed by atoms with van der Waals surface area (Å²) in [4.78, 5) is 2.26. The molecule has 1 aromatic rings. The van der Waals surface area contributed by atoms with Crippen LogP contribution in [0.25, 0.3) is 0 Å². The Bertz CT molecular complexity index is 723. The van der Waals surface area contributed by atoms with Gasteiger partial charge in [-0.15, -0.1) is 16.9 Å². The van der Waals surface area contributed by atoms with Crippen molar-refractivity contribution in [1.29, 1.82) is 0 Å². The molecule has 0 aliphatic heterocycles. The first kappa shape index (κ1) is 23.5. The molecule has 1 heterocycles. The molecule has 0 aliphatic rings. The van der Waals surface area contributed by atoms with Gasteiger partial charge in [-0.3, -0.25) is 0 Å². The summed E-state index contributed by atoms with van der Waals surface area (Å²) in [6.07, 6.45) is 2.29. The van der Waals surface area contributed by atoms with Crippen LogP contribution in [0.5, 0.6) is 0 Å². The summed E-state index contributed by atoms with van der Waals surface area (Å²) < 4.78 is 1.37. The van der Waals surface area contributed by atoms with Crippen LogP contribution in [0.2, 0.25) is 16.6 Å². The van der Waals surface area contributed by atoms with Crippen LogP contribution in [0.4, 0.5) is 0 Å². The van der Waals surface area contributed by atoms with Gasteiger partial charge in [0.15, 0.2) is 0 Å². The molecule has 0 saturated heterocycles. The second-order valence-electron chi connectivity index (χ2n) is 7.84. The maximum Gasteiger partial charge on any atom is 0.146 e. The van der Waals surface area contributed by atoms with Gasteiger partial charge in [0.2, 0.25) is 0 Å². The lowest BCUT2D eigenvalue weighted by Gasteiger charge is -2.38. The van der Waals surface area contributed by atoms with Crippen molar-refractivity contribution < 1.29 is 0 Å². The third-order valence-corrected chi connectivity index (χ3v) is 13.7. The molecule has 0 aromatic carbocycles. The van der Waals surface area contributed by atoms with E-state index in [9.17, 15) is 0 Å². The molecule has 1 aromatic heterocycles. The smallest absolute Gasteiger partial charge is 0.124 e. The minimum Gasteiger partial charge on any atom is -0.124 e. The number of halogens is 1. The SMILES string of the molecule is CCC/C(I)=C(/C)C#Cc1ccc(C#C[Si](C(C)C)(C(C)C)C(C)C)s1. The van der Waals surface area contributed by atoms with Crippen LogP contribution in [-0.4, -0.2) is 8.07 Å². The highest BCUT2D eigenvalue weighted by Gasteiger charge is 2.41. The molecule has 0 aliphatic carbocycles. The predicted octanol–water partition coefficient (Wildman–Crippen LogP) is 8.18. The third kappa shape index (κ3) is 6.01. The lowest BCUT2D eigenvalue weighted by molar-refractivity contribution is 0.838. The molecule has 0 amide bonds. The van der Waals surface area contributed by atoms with E-state index in [4.69, 9.17) is 0 Å². The maximum absolute atomic E-state index is 3.80. The van der Waals surface area contributed by atoms with E-state index in [0.29, 0.717) is 16.6 Å². The van der Waals surface area contributed by atoms with E-state index in [0.717, 1.165) is 16.2 Å². The van der Waals surface area contributed by atoms with Crippen molar-refractivity contribution in [2.45, 2.75) is 84.9 Å². The predicted molar refractivity (Wildman–Crippen MR) is 131 cm³/mol. The summed E-state index contributed by atoms with van der Waals surface area (Å²) >= 11 is 4.14. The van der Waals surface area contributed by atoms with Crippen LogP contribution in [-0.2, 0) is 0 Å². The van der Waals surface area contributed by atoms with E-state index >= 15 is 0 Å². The molecular weight excluding hydrogens is 463 g/mol. The van der Waals surface area contributed by atoms with Gasteiger partial charge in [0.05, 0.1) is 9.75 Å². The molecule has 0 nitrogen and oxygen atoms in total. The van der Waals surface area contributed by atoms with Crippen LogP contribution < -0.4 is 0 Å². The molecule has 0 atom stereocenters. The van der Waals surface area contributed by atoms with Crippen molar-refractivity contribution in [1.82, 2.24) is 0 Å². The maximum atomic E-state index is 3.80. The fourth-order valence-electron chi connectivity index (χ4n) is 3.71. The van der Waals surface area contributed by atoms with Crippen LogP contribution in [0.1, 0.15) is 78.0 Å². The molecule has 3 heteroatoms. The van der Waals surface area contributed by atoms with Gasteiger partial charge >= 0.3 is 0 Å². The molecule has 0 N–H and O–H groups in total. The number of thiophene rings is 1. The molecule has 1 rings (SSSR count). The lowest BCUT2D eigenvalue weighted by atomic mass is 10.2. The molecule has 0 spiro atoms. The zero-order valence-corrected chi connectivity index (χ0v) is 21.6. The first-order valence-corrected chi connectivity index (χ1v) is 13.8. The number of hydrogen-bond donors (Lipinski definition) is 0. The van der Waals surface area contributed by atoms with Crippen molar-refractivity contribution in [3.8, 4) is 23.3 Å². The van der Waals surface area contributed by atoms with Crippen molar-refractivity contribution in [3.05, 3.63) is 31.0 Å². The fraction of sp³-hybridized carbons (Fsp3) is 0.565. The van der Waals surface area contributed by atoms with Crippen molar-refractivity contribution in [2.24, 2.45) is 0 Å². The molecule has 142 valence electrons. The Morgan fingerprint density at radius 1 is 1.00 bits per heavy atom. The Balaban J connectivity index is 3.11. The summed E-state index contributed by atoms with van der Waals surface area (Å²) in [6.45, 7) is 18.5. The normalized spacial score (nSPS) is 12.6.